The summed E-state index contributed by atoms with van der Waals surface area (Å²) in [5.41, 5.74) is 1.58. The second-order valence-corrected chi connectivity index (χ2v) is 12.1. The summed E-state index contributed by atoms with van der Waals surface area (Å²) in [4.78, 5) is 15.4. The van der Waals surface area contributed by atoms with E-state index in [1.807, 2.05) is 6.07 Å². The molecule has 1 aromatic carbocycles. The summed E-state index contributed by atoms with van der Waals surface area (Å²) in [7, 11) is -1.10. The molecule has 1 aromatic heterocycles. The van der Waals surface area contributed by atoms with Gasteiger partial charge in [0, 0.05) is 19.7 Å². The van der Waals surface area contributed by atoms with Crippen LogP contribution in [0.2, 0.25) is 30.7 Å². The lowest BCUT2D eigenvalue weighted by atomic mass is 10.3. The van der Waals surface area contributed by atoms with Crippen LogP contribution in [0.4, 0.5) is 0 Å². The Hall–Kier alpha value is -1.17. The molecule has 0 N–H and O–H groups in total. The molecule has 0 amide bonds. The van der Waals surface area contributed by atoms with Gasteiger partial charge >= 0.3 is 0 Å². The number of imidazole rings is 1. The van der Waals surface area contributed by atoms with Crippen molar-refractivity contribution in [1.82, 2.24) is 9.55 Å². The molecular weight excluding hydrogens is 292 g/mol. The van der Waals surface area contributed by atoms with Gasteiger partial charge in [-0.2, -0.15) is 0 Å². The number of aldehydes is 1. The molecule has 0 unspecified atom stereocenters. The molecule has 0 bridgehead atoms. The zero-order chi connectivity index (χ0) is 14.8. The molecule has 0 aliphatic rings. The molecular formula is C14H19ClN2O2Si. The number of nitrogens with zero attached hydrogens (tertiary/aromatic N) is 2. The summed E-state index contributed by atoms with van der Waals surface area (Å²) in [6.07, 6.45) is 0.746. The van der Waals surface area contributed by atoms with Gasteiger partial charge in [-0.3, -0.25) is 9.36 Å². The predicted octanol–water partition coefficient (Wildman–Crippen LogP) is 3.81. The molecule has 4 nitrogen and oxygen atoms in total. The third-order valence-corrected chi connectivity index (χ3v) is 5.00. The van der Waals surface area contributed by atoms with Gasteiger partial charge in [-0.05, 0) is 24.2 Å². The fraction of sp³-hybridized carbons (Fsp3) is 0.429. The van der Waals surface area contributed by atoms with Gasteiger partial charge < -0.3 is 4.74 Å². The number of fused-ring (bicyclic) bond motifs is 1. The number of ether oxygens (including phenoxy) is 1. The average molecular weight is 311 g/mol. The second-order valence-electron chi connectivity index (χ2n) is 6.00. The first-order valence-electron chi connectivity index (χ1n) is 6.59. The maximum atomic E-state index is 11.1. The quantitative estimate of drug-likeness (QED) is 0.463. The summed E-state index contributed by atoms with van der Waals surface area (Å²) in [5, 5.41) is 0.610. The van der Waals surface area contributed by atoms with E-state index in [9.17, 15) is 4.79 Å². The zero-order valence-electron chi connectivity index (χ0n) is 12.0. The summed E-state index contributed by atoms with van der Waals surface area (Å²) in [5.74, 6) is 0.371. The molecule has 0 aliphatic carbocycles. The molecule has 0 saturated heterocycles. The number of carbonyl (C=O) groups is 1. The van der Waals surface area contributed by atoms with E-state index in [2.05, 4.69) is 24.6 Å². The van der Waals surface area contributed by atoms with Gasteiger partial charge in [0.25, 0.3) is 0 Å². The Kier molecular flexibility index (Phi) is 4.62. The third-order valence-electron chi connectivity index (χ3n) is 3.06. The van der Waals surface area contributed by atoms with Crippen LogP contribution in [0, 0.1) is 0 Å². The van der Waals surface area contributed by atoms with Crippen molar-refractivity contribution in [3.8, 4) is 0 Å². The van der Waals surface area contributed by atoms with Crippen LogP contribution in [0.3, 0.4) is 0 Å². The Labute approximate surface area is 124 Å². The van der Waals surface area contributed by atoms with E-state index < -0.39 is 8.07 Å². The van der Waals surface area contributed by atoms with E-state index in [-0.39, 0.29) is 0 Å². The summed E-state index contributed by atoms with van der Waals surface area (Å²) in [6.45, 7) is 7.98. The van der Waals surface area contributed by atoms with Crippen molar-refractivity contribution in [2.75, 3.05) is 6.61 Å². The van der Waals surface area contributed by atoms with Crippen molar-refractivity contribution in [2.45, 2.75) is 32.4 Å². The molecule has 0 aliphatic heterocycles. The maximum absolute atomic E-state index is 11.1. The molecule has 0 radical (unpaired) electrons. The largest absolute Gasteiger partial charge is 0.361 e. The first-order chi connectivity index (χ1) is 9.40. The highest BCUT2D eigenvalue weighted by Gasteiger charge is 2.13. The second kappa shape index (κ2) is 6.07. The van der Waals surface area contributed by atoms with Crippen LogP contribution in [-0.2, 0) is 11.5 Å². The number of benzene rings is 1. The smallest absolute Gasteiger partial charge is 0.185 e. The zero-order valence-corrected chi connectivity index (χ0v) is 13.8. The van der Waals surface area contributed by atoms with E-state index in [0.717, 1.165) is 17.8 Å². The normalized spacial score (nSPS) is 12.0. The van der Waals surface area contributed by atoms with Gasteiger partial charge in [-0.1, -0.05) is 31.2 Å². The van der Waals surface area contributed by atoms with Crippen molar-refractivity contribution in [2.24, 2.45) is 0 Å². The Bertz CT molecular complexity index is 619. The van der Waals surface area contributed by atoms with E-state index >= 15 is 0 Å². The number of hydrogen-bond donors (Lipinski definition) is 0. The van der Waals surface area contributed by atoms with Crippen LogP contribution < -0.4 is 0 Å². The maximum Gasteiger partial charge on any atom is 0.185 e. The molecule has 1 heterocycles. The first kappa shape index (κ1) is 15.2. The number of halogens is 1. The number of carbonyl (C=O) groups excluding carboxylic acids is 1. The minimum absolute atomic E-state index is 0.344. The van der Waals surface area contributed by atoms with Gasteiger partial charge in [0.15, 0.2) is 12.1 Å². The summed E-state index contributed by atoms with van der Waals surface area (Å²) < 4.78 is 7.48. The Balaban J connectivity index is 2.14. The van der Waals surface area contributed by atoms with Crippen molar-refractivity contribution in [3.63, 3.8) is 0 Å². The predicted molar refractivity (Wildman–Crippen MR) is 84.2 cm³/mol. The van der Waals surface area contributed by atoms with Crippen LogP contribution in [0.25, 0.3) is 11.0 Å². The fourth-order valence-corrected chi connectivity index (χ4v) is 2.80. The number of rotatable bonds is 6. The molecule has 2 aromatic rings. The van der Waals surface area contributed by atoms with Gasteiger partial charge in [-0.15, -0.1) is 0 Å². The summed E-state index contributed by atoms with van der Waals surface area (Å²) >= 11 is 5.94. The molecule has 0 atom stereocenters. The van der Waals surface area contributed by atoms with Crippen LogP contribution in [0.5, 0.6) is 0 Å². The molecule has 108 valence electrons. The Morgan fingerprint density at radius 2 is 2.15 bits per heavy atom. The fourth-order valence-electron chi connectivity index (χ4n) is 1.88. The highest BCUT2D eigenvalue weighted by atomic mass is 35.5. The van der Waals surface area contributed by atoms with Crippen molar-refractivity contribution >= 4 is 37.0 Å². The summed E-state index contributed by atoms with van der Waals surface area (Å²) in [6, 6.07) is 6.50. The standard InChI is InChI=1S/C14H19ClN2O2Si/c1-20(2,3)7-6-19-10-17-13-5-4-11(15)8-12(13)16-14(17)9-18/h4-5,8-9H,6-7,10H2,1-3H3. The van der Waals surface area contributed by atoms with E-state index in [1.165, 1.54) is 0 Å². The van der Waals surface area contributed by atoms with Crippen LogP contribution in [0.15, 0.2) is 18.2 Å². The lowest BCUT2D eigenvalue weighted by molar-refractivity contribution is 0.0856. The van der Waals surface area contributed by atoms with E-state index in [1.54, 1.807) is 16.7 Å². The molecule has 20 heavy (non-hydrogen) atoms. The molecule has 0 fully saturated rings. The van der Waals surface area contributed by atoms with E-state index in [0.29, 0.717) is 29.7 Å². The minimum Gasteiger partial charge on any atom is -0.361 e. The SMILES string of the molecule is C[Si](C)(C)CCOCn1c(C=O)nc2cc(Cl)ccc21. The lowest BCUT2D eigenvalue weighted by Crippen LogP contribution is -2.22. The molecule has 0 saturated carbocycles. The lowest BCUT2D eigenvalue weighted by Gasteiger charge is -2.15. The van der Waals surface area contributed by atoms with Gasteiger partial charge in [0.2, 0.25) is 0 Å². The topological polar surface area (TPSA) is 44.1 Å². The molecule has 0 spiro atoms. The van der Waals surface area contributed by atoms with Crippen molar-refractivity contribution in [3.05, 3.63) is 29.0 Å². The third kappa shape index (κ3) is 3.68. The number of hydrogen-bond acceptors (Lipinski definition) is 3. The van der Waals surface area contributed by atoms with Gasteiger partial charge in [0.05, 0.1) is 11.0 Å². The first-order valence-corrected chi connectivity index (χ1v) is 10.7. The highest BCUT2D eigenvalue weighted by molar-refractivity contribution is 6.76. The Morgan fingerprint density at radius 1 is 1.40 bits per heavy atom. The Morgan fingerprint density at radius 3 is 2.80 bits per heavy atom. The van der Waals surface area contributed by atoms with Crippen LogP contribution in [-0.4, -0.2) is 30.5 Å². The number of aromatic nitrogens is 2. The van der Waals surface area contributed by atoms with Crippen molar-refractivity contribution < 1.29 is 9.53 Å². The van der Waals surface area contributed by atoms with Gasteiger partial charge in [0.1, 0.15) is 6.73 Å². The van der Waals surface area contributed by atoms with Crippen molar-refractivity contribution in [1.29, 1.82) is 0 Å². The van der Waals surface area contributed by atoms with E-state index in [4.69, 9.17) is 16.3 Å². The van der Waals surface area contributed by atoms with Gasteiger partial charge in [-0.25, -0.2) is 4.98 Å². The monoisotopic (exact) mass is 310 g/mol. The molecule has 2 rings (SSSR count). The molecule has 6 heteroatoms. The van der Waals surface area contributed by atoms with Crippen LogP contribution in [0.1, 0.15) is 10.6 Å². The minimum atomic E-state index is -1.10. The average Bonchev–Trinajstić information content (AvgIpc) is 2.70. The highest BCUT2D eigenvalue weighted by Crippen LogP contribution is 2.20. The van der Waals surface area contributed by atoms with Crippen LogP contribution >= 0.6 is 11.6 Å².